The van der Waals surface area contributed by atoms with Gasteiger partial charge in [-0.25, -0.2) is 5.43 Å². The van der Waals surface area contributed by atoms with E-state index in [9.17, 15) is 126 Å². The molecule has 31 atom stereocenters. The zero-order valence-corrected chi connectivity index (χ0v) is 59.5. The first kappa shape index (κ1) is 94.8. The molecule has 108 heavy (non-hydrogen) atoms. The Morgan fingerprint density at radius 1 is 0.389 bits per heavy atom. The number of carbonyl (C=O) groups is 5. The van der Waals surface area contributed by atoms with Crippen LogP contribution in [0.4, 0.5) is 0 Å². The predicted octanol–water partition coefficient (Wildman–Crippen LogP) is -15.7. The van der Waals surface area contributed by atoms with Crippen molar-refractivity contribution < 1.29 is 202 Å². The summed E-state index contributed by atoms with van der Waals surface area (Å²) in [5.74, 6) is -1.80. The van der Waals surface area contributed by atoms with Gasteiger partial charge in [0.1, 0.15) is 179 Å². The van der Waals surface area contributed by atoms with Crippen LogP contribution in [0.2, 0.25) is 0 Å². The highest BCUT2D eigenvalue weighted by Crippen LogP contribution is 2.34. The zero-order valence-electron chi connectivity index (χ0n) is 59.5. The van der Waals surface area contributed by atoms with Gasteiger partial charge in [0.2, 0.25) is 11.8 Å². The van der Waals surface area contributed by atoms with Gasteiger partial charge < -0.3 is 194 Å². The number of unbranched alkanes of at least 4 members (excludes halogenated alkanes) is 1. The number of rotatable bonds is 45. The van der Waals surface area contributed by atoms with Crippen LogP contribution in [0.5, 0.6) is 0 Å². The molecule has 6 aliphatic rings. The number of nitrogens with two attached hydrogens (primary N) is 1. The first-order valence-electron chi connectivity index (χ1n) is 35.1. The van der Waals surface area contributed by atoms with E-state index in [-0.39, 0.29) is 96.3 Å². The van der Waals surface area contributed by atoms with E-state index in [1.807, 2.05) is 0 Å². The van der Waals surface area contributed by atoms with Gasteiger partial charge in [-0.15, -0.1) is 0 Å². The lowest BCUT2D eigenvalue weighted by molar-refractivity contribution is -0.366. The highest BCUT2D eigenvalue weighted by atomic mass is 16.8. The fourth-order valence-electron chi connectivity index (χ4n) is 11.3. The standard InChI is InChI=1S/C33H60N4O21.C29H51NO20/c1-15(40)16(4-2-3-5-34)36-37-21(42)14-52-9-8-51-13-20(41)35-6-7-53-32-29(50)30(58-33-28(49)26(47)23(44)18(11-39)56-33)24(45)19(57-32)12-54-31-27(48)25(46)22(43)17(10-38)55-31;1-2-30-17(34)12-44-7-6-43-10-13(33)4-3-5-45-28-25(42)26(50-29-24(41)22(39)19(36)15(9-32)48-29)20(37)16(49-28)11-46-27-23(40)21(38)18(35)14(8-31)47-27/h16-19,22-33,36,38-39,43-50H,2-14,34H2,1H3,(H,35,41)(H,37,42);14-16,18-29,31-32,35-42H,2-12H2,1H3,(H,30,34)/t16-,17+,18+,19+,22+,23+,24+,25-,26-,27-,28-,29-,30-,31-,32-,33+;14-,15-,16-,18-,19-,20-,21+,22+,23+,24+,25+,26+,27+,28+,29-/m01/s1. The van der Waals surface area contributed by atoms with E-state index in [1.54, 1.807) is 6.92 Å². The first-order chi connectivity index (χ1) is 51.5. The summed E-state index contributed by atoms with van der Waals surface area (Å²) < 4.78 is 87.0. The number of aliphatic hydroxyl groups excluding tert-OH is 20. The monoisotopic (exact) mass is 1580 g/mol. The number of ketones is 2. The van der Waals surface area contributed by atoms with Crippen molar-refractivity contribution in [2.24, 2.45) is 5.73 Å². The molecule has 0 aliphatic carbocycles. The number of amides is 3. The lowest BCUT2D eigenvalue weighted by Crippen LogP contribution is -2.65. The first-order valence-corrected chi connectivity index (χ1v) is 35.1. The minimum Gasteiger partial charge on any atom is -0.394 e. The summed E-state index contributed by atoms with van der Waals surface area (Å²) in [4.78, 5) is 59.6. The molecule has 46 nitrogen and oxygen atoms in total. The number of hydrogen-bond acceptors (Lipinski definition) is 43. The van der Waals surface area contributed by atoms with E-state index in [4.69, 9.17) is 81.5 Å². The van der Waals surface area contributed by atoms with E-state index in [2.05, 4.69) is 21.5 Å². The van der Waals surface area contributed by atoms with Crippen LogP contribution in [0.25, 0.3) is 0 Å². The average Bonchev–Trinajstić information content (AvgIpc) is 0.776. The molecule has 6 rings (SSSR count). The number of hydrogen-bond donors (Lipinski definition) is 25. The fraction of sp³-hybridized carbons (Fsp3) is 0.919. The SMILES string of the molecule is CC(=O)[C@H](CCCCN)NNC(=O)COCCOCC(=O)NCCO[C@H]1O[C@H](CO[C@H]2O[C@H](CO)[C@@H](O)[C@H](O)[C@@H]2O)[C@@H](O)[C@H](O[C@H]2O[C@H](CO)[C@@H](O)[C@H](O)[C@@H]2O)[C@@H]1O.CCNC(=O)COCCOCC(=O)CCCO[C@H]1O[C@H](CO[C@H]2O[C@H](CO)[C@@H](O)[C@H](O)[C@@H]2O)[C@@H](O)[C@H](O[C@H]2O[C@H](CO)[C@@H](O)[C@H](O)[C@@H]2O)[C@@H]1O. The lowest BCUT2D eigenvalue weighted by Gasteiger charge is -2.46. The Kier molecular flexibility index (Phi) is 43.1. The maximum absolute atomic E-state index is 12.3. The molecule has 6 fully saturated rings. The van der Waals surface area contributed by atoms with Crippen LogP contribution in [0.3, 0.4) is 0 Å². The van der Waals surface area contributed by atoms with Crippen LogP contribution < -0.4 is 27.2 Å². The topological polar surface area (TPSA) is 712 Å². The molecule has 0 aromatic heterocycles. The third-order valence-electron chi connectivity index (χ3n) is 17.6. The highest BCUT2D eigenvalue weighted by Gasteiger charge is 2.55. The molecule has 26 N–H and O–H groups in total. The van der Waals surface area contributed by atoms with Crippen LogP contribution in [-0.2, 0) is 99.8 Å². The summed E-state index contributed by atoms with van der Waals surface area (Å²) in [5.41, 5.74) is 10.5. The minimum atomic E-state index is -1.92. The van der Waals surface area contributed by atoms with Gasteiger partial charge in [0.25, 0.3) is 5.91 Å². The van der Waals surface area contributed by atoms with Crippen molar-refractivity contribution in [3.63, 3.8) is 0 Å². The molecule has 6 heterocycles. The molecule has 46 heteroatoms. The third kappa shape index (κ3) is 28.6. The van der Waals surface area contributed by atoms with Gasteiger partial charge in [-0.1, -0.05) is 6.42 Å². The molecule has 0 radical (unpaired) electrons. The van der Waals surface area contributed by atoms with Crippen molar-refractivity contribution in [3.8, 4) is 0 Å². The van der Waals surface area contributed by atoms with Crippen LogP contribution >= 0.6 is 0 Å². The minimum absolute atomic E-state index is 0.000347. The second kappa shape index (κ2) is 49.1. The van der Waals surface area contributed by atoms with Crippen molar-refractivity contribution in [2.75, 3.05) is 125 Å². The van der Waals surface area contributed by atoms with Gasteiger partial charge in [0, 0.05) is 19.5 Å². The number of carbonyl (C=O) groups excluding carboxylic acids is 5. The number of Topliss-reactive ketones (excluding diaryl/α,β-unsaturated/α-hetero) is 2. The summed E-state index contributed by atoms with van der Waals surface area (Å²) in [5, 5.41) is 210. The molecule has 0 saturated carbocycles. The van der Waals surface area contributed by atoms with E-state index in [0.29, 0.717) is 25.9 Å². The van der Waals surface area contributed by atoms with Crippen molar-refractivity contribution in [3.05, 3.63) is 0 Å². The smallest absolute Gasteiger partial charge is 0.260 e. The molecule has 0 spiro atoms. The quantitative estimate of drug-likeness (QED) is 0.0199. The maximum atomic E-state index is 12.3. The van der Waals surface area contributed by atoms with Crippen molar-refractivity contribution in [1.82, 2.24) is 21.5 Å². The Morgan fingerprint density at radius 3 is 1.15 bits per heavy atom. The number of likely N-dealkylation sites (N-methyl/N-ethyl adjacent to an activating group) is 1. The fourth-order valence-corrected chi connectivity index (χ4v) is 11.3. The number of aliphatic hydroxyl groups is 20. The molecule has 0 unspecified atom stereocenters. The van der Waals surface area contributed by atoms with Gasteiger partial charge in [-0.3, -0.25) is 29.4 Å². The Bertz CT molecular complexity index is 2570. The molecule has 6 aliphatic heterocycles. The average molecular weight is 1580 g/mol. The molecular weight excluding hydrogens is 1470 g/mol. The van der Waals surface area contributed by atoms with E-state index in [0.717, 1.165) is 6.42 Å². The predicted molar refractivity (Wildman–Crippen MR) is 348 cm³/mol. The molecule has 0 bridgehead atoms. The lowest BCUT2D eigenvalue weighted by atomic mass is 9.96. The van der Waals surface area contributed by atoms with Gasteiger partial charge >= 0.3 is 0 Å². The number of hydrazine groups is 1. The second-order valence-electron chi connectivity index (χ2n) is 25.7. The number of nitrogens with one attached hydrogen (secondary N) is 4. The molecular formula is C62H111N5O41. The normalized spacial score (nSPS) is 37.5. The zero-order chi connectivity index (χ0) is 79.9. The molecule has 0 aromatic rings. The number of ether oxygens (including phenoxy) is 16. The van der Waals surface area contributed by atoms with Crippen LogP contribution in [0.15, 0.2) is 0 Å². The Morgan fingerprint density at radius 2 is 0.750 bits per heavy atom. The van der Waals surface area contributed by atoms with Crippen LogP contribution in [-0.4, -0.2) is 447 Å². The highest BCUT2D eigenvalue weighted by molar-refractivity contribution is 5.82. The Labute approximate surface area is 618 Å². The van der Waals surface area contributed by atoms with Gasteiger partial charge in [0.05, 0.1) is 85.3 Å². The molecule has 0 aromatic carbocycles. The van der Waals surface area contributed by atoms with Crippen LogP contribution in [0, 0.1) is 0 Å². The summed E-state index contributed by atoms with van der Waals surface area (Å²) in [7, 11) is 0. The molecule has 3 amide bonds. The van der Waals surface area contributed by atoms with Crippen molar-refractivity contribution >= 4 is 29.3 Å². The van der Waals surface area contributed by atoms with Gasteiger partial charge in [-0.05, 0) is 39.7 Å². The molecule has 630 valence electrons. The Hall–Kier alpha value is -3.77. The summed E-state index contributed by atoms with van der Waals surface area (Å²) in [6, 6.07) is -0.559. The van der Waals surface area contributed by atoms with Gasteiger partial charge in [-0.2, -0.15) is 0 Å². The van der Waals surface area contributed by atoms with E-state index in [1.165, 1.54) is 6.92 Å². The largest absolute Gasteiger partial charge is 0.394 e. The summed E-state index contributed by atoms with van der Waals surface area (Å²) in [6.07, 6.45) is -48.3. The maximum Gasteiger partial charge on any atom is 0.260 e. The van der Waals surface area contributed by atoms with E-state index >= 15 is 0 Å². The van der Waals surface area contributed by atoms with Crippen molar-refractivity contribution in [1.29, 1.82) is 0 Å². The summed E-state index contributed by atoms with van der Waals surface area (Å²) >= 11 is 0. The Balaban J connectivity index is 0.000000391. The molecule has 6 saturated heterocycles. The van der Waals surface area contributed by atoms with Crippen LogP contribution in [0.1, 0.15) is 46.0 Å². The second-order valence-corrected chi connectivity index (χ2v) is 25.7. The summed E-state index contributed by atoms with van der Waals surface area (Å²) in [6.45, 7) is -1.81. The van der Waals surface area contributed by atoms with Crippen molar-refractivity contribution in [2.45, 2.75) is 236 Å². The van der Waals surface area contributed by atoms with Gasteiger partial charge in [0.15, 0.2) is 43.5 Å². The third-order valence-corrected chi connectivity index (χ3v) is 17.6. The van der Waals surface area contributed by atoms with E-state index < -0.39 is 248 Å².